The van der Waals surface area contributed by atoms with Crippen LogP contribution in [0.15, 0.2) is 36.9 Å². The summed E-state index contributed by atoms with van der Waals surface area (Å²) < 4.78 is 18.7. The van der Waals surface area contributed by atoms with E-state index in [1.165, 1.54) is 6.33 Å². The third-order valence-corrected chi connectivity index (χ3v) is 4.33. The maximum Gasteiger partial charge on any atom is 0.253 e. The van der Waals surface area contributed by atoms with Crippen LogP contribution in [0.5, 0.6) is 5.75 Å². The van der Waals surface area contributed by atoms with Crippen LogP contribution in [-0.4, -0.2) is 52.7 Å². The molecule has 0 saturated carbocycles. The Morgan fingerprint density at radius 1 is 1.44 bits per heavy atom. The van der Waals surface area contributed by atoms with E-state index in [4.69, 9.17) is 14.2 Å². The third-order valence-electron chi connectivity index (χ3n) is 4.33. The van der Waals surface area contributed by atoms with Gasteiger partial charge in [0.1, 0.15) is 31.1 Å². The molecule has 1 N–H and O–H groups in total. The van der Waals surface area contributed by atoms with Gasteiger partial charge in [0, 0.05) is 18.4 Å². The lowest BCUT2D eigenvalue weighted by Crippen LogP contribution is -2.32. The Balaban J connectivity index is 1.42. The molecule has 2 atom stereocenters. The number of ether oxygens (including phenoxy) is 3. The average molecular weight is 374 g/mol. The summed E-state index contributed by atoms with van der Waals surface area (Å²) in [4.78, 5) is 16.2. The van der Waals surface area contributed by atoms with Crippen LogP contribution >= 0.6 is 0 Å². The van der Waals surface area contributed by atoms with Crippen LogP contribution in [0.25, 0.3) is 0 Å². The molecule has 1 saturated heterocycles. The van der Waals surface area contributed by atoms with E-state index in [2.05, 4.69) is 15.4 Å². The van der Waals surface area contributed by atoms with Gasteiger partial charge in [0.25, 0.3) is 5.91 Å². The number of hydrogen-bond acceptors (Lipinski definition) is 6. The van der Waals surface area contributed by atoms with Crippen molar-refractivity contribution in [3.63, 3.8) is 0 Å². The number of nitrogens with zero attached hydrogens (tertiary/aromatic N) is 3. The van der Waals surface area contributed by atoms with Gasteiger partial charge >= 0.3 is 0 Å². The summed E-state index contributed by atoms with van der Waals surface area (Å²) in [6.07, 6.45) is 5.91. The highest BCUT2D eigenvalue weighted by Gasteiger charge is 2.19. The highest BCUT2D eigenvalue weighted by molar-refractivity contribution is 5.94. The molecule has 8 heteroatoms. The molecule has 2 heterocycles. The van der Waals surface area contributed by atoms with Gasteiger partial charge in [-0.2, -0.15) is 5.10 Å². The summed E-state index contributed by atoms with van der Waals surface area (Å²) in [5, 5.41) is 6.88. The molecule has 8 nitrogen and oxygen atoms in total. The molecule has 3 rings (SSSR count). The number of anilines is 1. The van der Waals surface area contributed by atoms with Gasteiger partial charge in [-0.3, -0.25) is 4.79 Å². The van der Waals surface area contributed by atoms with Crippen molar-refractivity contribution < 1.29 is 19.0 Å². The van der Waals surface area contributed by atoms with Crippen molar-refractivity contribution in [2.45, 2.75) is 44.9 Å². The Labute approximate surface area is 158 Å². The van der Waals surface area contributed by atoms with Gasteiger partial charge in [-0.1, -0.05) is 6.07 Å². The number of aromatic nitrogens is 3. The number of hydrogen-bond donors (Lipinski definition) is 1. The predicted octanol–water partition coefficient (Wildman–Crippen LogP) is 2.27. The van der Waals surface area contributed by atoms with Crippen LogP contribution in [0.3, 0.4) is 0 Å². The summed E-state index contributed by atoms with van der Waals surface area (Å²) in [5.74, 6) is 0.489. The molecule has 1 aliphatic rings. The quantitative estimate of drug-likeness (QED) is 0.724. The van der Waals surface area contributed by atoms with Crippen LogP contribution in [0.2, 0.25) is 0 Å². The Bertz CT molecular complexity index is 701. The number of nitrogens with one attached hydrogen (secondary N) is 1. The maximum absolute atomic E-state index is 12.3. The molecule has 1 fully saturated rings. The second-order valence-electron chi connectivity index (χ2n) is 6.49. The number of benzene rings is 1. The molecular weight excluding hydrogens is 348 g/mol. The van der Waals surface area contributed by atoms with E-state index in [9.17, 15) is 4.79 Å². The molecule has 27 heavy (non-hydrogen) atoms. The van der Waals surface area contributed by atoms with Gasteiger partial charge in [0.15, 0.2) is 0 Å². The van der Waals surface area contributed by atoms with Crippen LogP contribution in [0.4, 0.5) is 5.69 Å². The summed E-state index contributed by atoms with van der Waals surface area (Å²) in [5.41, 5.74) is 0.669. The molecule has 0 radical (unpaired) electrons. The lowest BCUT2D eigenvalue weighted by atomic mass is 10.1. The zero-order valence-corrected chi connectivity index (χ0v) is 15.5. The van der Waals surface area contributed by atoms with Crippen molar-refractivity contribution >= 4 is 11.6 Å². The smallest absolute Gasteiger partial charge is 0.253 e. The lowest BCUT2D eigenvalue weighted by molar-refractivity contribution is -0.130. The predicted molar refractivity (Wildman–Crippen MR) is 99.6 cm³/mol. The van der Waals surface area contributed by atoms with Gasteiger partial charge in [-0.15, -0.1) is 0 Å². The second kappa shape index (κ2) is 10.0. The van der Waals surface area contributed by atoms with Gasteiger partial charge < -0.3 is 19.5 Å². The fourth-order valence-corrected chi connectivity index (χ4v) is 2.78. The van der Waals surface area contributed by atoms with Crippen molar-refractivity contribution in [3.05, 3.63) is 36.9 Å². The normalized spacial score (nSPS) is 18.0. The molecule has 2 aromatic rings. The minimum Gasteiger partial charge on any atom is -0.492 e. The minimum atomic E-state index is -0.549. The lowest BCUT2D eigenvalue weighted by Gasteiger charge is -2.23. The average Bonchev–Trinajstić information content (AvgIpc) is 3.21. The number of rotatable bonds is 9. The van der Waals surface area contributed by atoms with Crippen molar-refractivity contribution in [2.75, 3.05) is 25.1 Å². The molecule has 2 unspecified atom stereocenters. The molecule has 1 aromatic carbocycles. The van der Waals surface area contributed by atoms with Crippen LogP contribution in [0, 0.1) is 0 Å². The van der Waals surface area contributed by atoms with Crippen LogP contribution in [-0.2, 0) is 20.8 Å². The molecule has 1 amide bonds. The van der Waals surface area contributed by atoms with E-state index in [-0.39, 0.29) is 12.0 Å². The monoisotopic (exact) mass is 374 g/mol. The minimum absolute atomic E-state index is 0.0933. The largest absolute Gasteiger partial charge is 0.492 e. The molecule has 1 aromatic heterocycles. The van der Waals surface area contributed by atoms with E-state index in [1.54, 1.807) is 24.0 Å². The van der Waals surface area contributed by atoms with Crippen molar-refractivity contribution in [1.29, 1.82) is 0 Å². The maximum atomic E-state index is 12.3. The first-order chi connectivity index (χ1) is 13.2. The Morgan fingerprint density at radius 3 is 3.15 bits per heavy atom. The summed E-state index contributed by atoms with van der Waals surface area (Å²) in [6.45, 7) is 4.03. The van der Waals surface area contributed by atoms with Gasteiger partial charge in [0.2, 0.25) is 0 Å². The zero-order valence-electron chi connectivity index (χ0n) is 15.5. The van der Waals surface area contributed by atoms with E-state index in [1.807, 2.05) is 18.2 Å². The van der Waals surface area contributed by atoms with Crippen LogP contribution in [0.1, 0.15) is 26.2 Å². The highest BCUT2D eigenvalue weighted by atomic mass is 16.5. The molecule has 0 bridgehead atoms. The topological polar surface area (TPSA) is 87.5 Å². The first-order valence-electron chi connectivity index (χ1n) is 9.30. The second-order valence-corrected chi connectivity index (χ2v) is 6.49. The molecule has 0 spiro atoms. The number of carbonyl (C=O) groups excluding carboxylic acids is 1. The first-order valence-corrected chi connectivity index (χ1v) is 9.30. The van der Waals surface area contributed by atoms with Gasteiger partial charge in [-0.05, 0) is 38.3 Å². The number of carbonyl (C=O) groups is 1. The summed E-state index contributed by atoms with van der Waals surface area (Å²) in [7, 11) is 0. The SMILES string of the molecule is CC(OCC1CCCCO1)C(=O)Nc1cccc(OCCn2cncn2)c1. The van der Waals surface area contributed by atoms with E-state index < -0.39 is 6.10 Å². The highest BCUT2D eigenvalue weighted by Crippen LogP contribution is 2.18. The molecule has 1 aliphatic heterocycles. The van der Waals surface area contributed by atoms with Crippen molar-refractivity contribution in [1.82, 2.24) is 14.8 Å². The van der Waals surface area contributed by atoms with Gasteiger partial charge in [-0.25, -0.2) is 9.67 Å². The van der Waals surface area contributed by atoms with E-state index in [0.717, 1.165) is 25.9 Å². The van der Waals surface area contributed by atoms with E-state index >= 15 is 0 Å². The van der Waals surface area contributed by atoms with E-state index in [0.29, 0.717) is 31.2 Å². The molecule has 146 valence electrons. The Morgan fingerprint density at radius 2 is 2.37 bits per heavy atom. The fourth-order valence-electron chi connectivity index (χ4n) is 2.78. The zero-order chi connectivity index (χ0) is 18.9. The van der Waals surface area contributed by atoms with Crippen LogP contribution < -0.4 is 10.1 Å². The van der Waals surface area contributed by atoms with Crippen molar-refractivity contribution in [3.8, 4) is 5.75 Å². The summed E-state index contributed by atoms with van der Waals surface area (Å²) >= 11 is 0. The summed E-state index contributed by atoms with van der Waals surface area (Å²) in [6, 6.07) is 7.29. The molecule has 0 aliphatic carbocycles. The first kappa shape index (κ1) is 19.3. The van der Waals surface area contributed by atoms with Gasteiger partial charge in [0.05, 0.1) is 19.3 Å². The molecular formula is C19H26N4O4. The standard InChI is InChI=1S/C19H26N4O4/c1-15(27-12-18-6-2-3-9-25-18)19(24)22-16-5-4-7-17(11-16)26-10-8-23-14-20-13-21-23/h4-5,7,11,13-15,18H,2-3,6,8-10,12H2,1H3,(H,22,24). The third kappa shape index (κ3) is 6.33. The Hall–Kier alpha value is -2.45. The number of amides is 1. The Kier molecular flexibility index (Phi) is 7.18. The van der Waals surface area contributed by atoms with Crippen molar-refractivity contribution in [2.24, 2.45) is 0 Å². The fraction of sp³-hybridized carbons (Fsp3) is 0.526.